The van der Waals surface area contributed by atoms with Crippen LogP contribution in [0, 0.1) is 24.6 Å². The molecule has 2 heteroatoms. The van der Waals surface area contributed by atoms with E-state index in [-0.39, 0.29) is 5.82 Å². The lowest BCUT2D eigenvalue weighted by Gasteiger charge is -1.96. The molecule has 68 valence electrons. The van der Waals surface area contributed by atoms with Crippen LogP contribution in [0.4, 0.5) is 4.39 Å². The molecule has 0 spiro atoms. The van der Waals surface area contributed by atoms with E-state index in [0.29, 0.717) is 11.1 Å². The monoisotopic (exact) mass is 240 g/mol. The topological polar surface area (TPSA) is 0 Å². The van der Waals surface area contributed by atoms with Crippen LogP contribution in [0.25, 0.3) is 0 Å². The zero-order valence-electron chi connectivity index (χ0n) is 7.40. The van der Waals surface area contributed by atoms with Crippen molar-refractivity contribution >= 4 is 15.9 Å². The van der Waals surface area contributed by atoms with Crippen molar-refractivity contribution in [3.63, 3.8) is 0 Å². The minimum Gasteiger partial charge on any atom is -0.205 e. The summed E-state index contributed by atoms with van der Waals surface area (Å²) in [5.74, 6) is 5.48. The number of rotatable bonds is 1. The molecule has 0 N–H and O–H groups in total. The standard InChI is InChI=1S/C11H10BrF/c1-9-5-4-7-10(11(9)13)6-2-3-8-12/h4-5,7H,3,8H2,1H3. The molecule has 0 radical (unpaired) electrons. The van der Waals surface area contributed by atoms with Crippen LogP contribution in [-0.2, 0) is 0 Å². The predicted molar refractivity (Wildman–Crippen MR) is 56.4 cm³/mol. The predicted octanol–water partition coefficient (Wildman–Crippen LogP) is 3.27. The summed E-state index contributed by atoms with van der Waals surface area (Å²) in [6.07, 6.45) is 0.743. The average molecular weight is 241 g/mol. The first-order valence-electron chi connectivity index (χ1n) is 4.05. The first kappa shape index (κ1) is 10.3. The van der Waals surface area contributed by atoms with Gasteiger partial charge in [0.25, 0.3) is 0 Å². The molecule has 0 saturated heterocycles. The Morgan fingerprint density at radius 2 is 2.23 bits per heavy atom. The number of benzene rings is 1. The number of hydrogen-bond acceptors (Lipinski definition) is 0. The Balaban J connectivity index is 2.91. The molecule has 0 bridgehead atoms. The smallest absolute Gasteiger partial charge is 0.141 e. The van der Waals surface area contributed by atoms with E-state index < -0.39 is 0 Å². The lowest BCUT2D eigenvalue weighted by atomic mass is 10.1. The summed E-state index contributed by atoms with van der Waals surface area (Å²) in [4.78, 5) is 0. The fourth-order valence-corrected chi connectivity index (χ4v) is 1.15. The van der Waals surface area contributed by atoms with Crippen LogP contribution >= 0.6 is 15.9 Å². The molecule has 0 heterocycles. The summed E-state index contributed by atoms with van der Waals surface area (Å²) in [6.45, 7) is 1.74. The summed E-state index contributed by atoms with van der Waals surface area (Å²) in [7, 11) is 0. The van der Waals surface area contributed by atoms with Gasteiger partial charge in [0, 0.05) is 11.8 Å². The van der Waals surface area contributed by atoms with E-state index in [4.69, 9.17) is 0 Å². The minimum atomic E-state index is -0.204. The lowest BCUT2D eigenvalue weighted by molar-refractivity contribution is 0.615. The Morgan fingerprint density at radius 3 is 2.92 bits per heavy atom. The molecular formula is C11H10BrF. The molecule has 1 aromatic rings. The first-order chi connectivity index (χ1) is 6.25. The van der Waals surface area contributed by atoms with Gasteiger partial charge in [0.05, 0.1) is 5.56 Å². The molecule has 0 aliphatic heterocycles. The van der Waals surface area contributed by atoms with E-state index in [0.717, 1.165) is 11.8 Å². The normalized spacial score (nSPS) is 9.15. The van der Waals surface area contributed by atoms with Gasteiger partial charge in [0.2, 0.25) is 0 Å². The molecule has 1 rings (SSSR count). The Hall–Kier alpha value is -0.810. The summed E-state index contributed by atoms with van der Waals surface area (Å²) < 4.78 is 13.3. The van der Waals surface area contributed by atoms with E-state index >= 15 is 0 Å². The summed E-state index contributed by atoms with van der Waals surface area (Å²) in [6, 6.07) is 5.26. The second-order valence-corrected chi connectivity index (χ2v) is 3.47. The Morgan fingerprint density at radius 1 is 1.46 bits per heavy atom. The zero-order chi connectivity index (χ0) is 9.68. The van der Waals surface area contributed by atoms with Crippen LogP contribution in [0.2, 0.25) is 0 Å². The number of halogens is 2. The molecule has 13 heavy (non-hydrogen) atoms. The summed E-state index contributed by atoms with van der Waals surface area (Å²) >= 11 is 3.26. The van der Waals surface area contributed by atoms with Gasteiger partial charge in [-0.15, -0.1) is 0 Å². The molecule has 0 aliphatic rings. The fourth-order valence-electron chi connectivity index (χ4n) is 0.949. The minimum absolute atomic E-state index is 0.204. The van der Waals surface area contributed by atoms with E-state index in [1.54, 1.807) is 19.1 Å². The zero-order valence-corrected chi connectivity index (χ0v) is 8.99. The van der Waals surface area contributed by atoms with Crippen molar-refractivity contribution in [2.45, 2.75) is 13.3 Å². The molecule has 0 atom stereocenters. The Kier molecular flexibility index (Phi) is 3.98. The average Bonchev–Trinajstić information content (AvgIpc) is 2.13. The van der Waals surface area contributed by atoms with Gasteiger partial charge >= 0.3 is 0 Å². The van der Waals surface area contributed by atoms with Gasteiger partial charge in [-0.1, -0.05) is 39.9 Å². The summed E-state index contributed by atoms with van der Waals surface area (Å²) in [5, 5.41) is 0.827. The molecule has 0 aliphatic carbocycles. The molecule has 0 fully saturated rings. The number of alkyl halides is 1. The molecule has 0 nitrogen and oxygen atoms in total. The van der Waals surface area contributed by atoms with Crippen molar-refractivity contribution in [3.05, 3.63) is 35.1 Å². The second-order valence-electron chi connectivity index (χ2n) is 2.68. The van der Waals surface area contributed by atoms with Crippen LogP contribution in [0.1, 0.15) is 17.5 Å². The number of hydrogen-bond donors (Lipinski definition) is 0. The van der Waals surface area contributed by atoms with Gasteiger partial charge in [-0.3, -0.25) is 0 Å². The highest BCUT2D eigenvalue weighted by atomic mass is 79.9. The molecule has 0 amide bonds. The fraction of sp³-hybridized carbons (Fsp3) is 0.273. The van der Waals surface area contributed by atoms with E-state index in [9.17, 15) is 4.39 Å². The molecule has 0 unspecified atom stereocenters. The first-order valence-corrected chi connectivity index (χ1v) is 5.18. The van der Waals surface area contributed by atoms with Crippen molar-refractivity contribution in [1.29, 1.82) is 0 Å². The third-order valence-electron chi connectivity index (χ3n) is 1.63. The van der Waals surface area contributed by atoms with Crippen molar-refractivity contribution in [1.82, 2.24) is 0 Å². The largest absolute Gasteiger partial charge is 0.205 e. The second kappa shape index (κ2) is 5.04. The highest BCUT2D eigenvalue weighted by Gasteiger charge is 2.00. The maximum absolute atomic E-state index is 13.3. The van der Waals surface area contributed by atoms with Gasteiger partial charge < -0.3 is 0 Å². The number of aryl methyl sites for hydroxylation is 1. The molecular weight excluding hydrogens is 231 g/mol. The van der Waals surface area contributed by atoms with Crippen molar-refractivity contribution in [2.75, 3.05) is 5.33 Å². The van der Waals surface area contributed by atoms with Crippen LogP contribution in [-0.4, -0.2) is 5.33 Å². The van der Waals surface area contributed by atoms with Crippen molar-refractivity contribution in [3.8, 4) is 11.8 Å². The van der Waals surface area contributed by atoms with Gasteiger partial charge in [-0.2, -0.15) is 0 Å². The third-order valence-corrected chi connectivity index (χ3v) is 2.03. The van der Waals surface area contributed by atoms with Crippen molar-refractivity contribution < 1.29 is 4.39 Å². The van der Waals surface area contributed by atoms with E-state index in [1.807, 2.05) is 6.07 Å². The molecule has 0 saturated carbocycles. The van der Waals surface area contributed by atoms with Crippen LogP contribution < -0.4 is 0 Å². The van der Waals surface area contributed by atoms with Crippen LogP contribution in [0.15, 0.2) is 18.2 Å². The lowest BCUT2D eigenvalue weighted by Crippen LogP contribution is -1.87. The van der Waals surface area contributed by atoms with Gasteiger partial charge in [0.15, 0.2) is 0 Å². The maximum atomic E-state index is 13.3. The quantitative estimate of drug-likeness (QED) is 0.523. The molecule has 1 aromatic carbocycles. The highest BCUT2D eigenvalue weighted by Crippen LogP contribution is 2.10. The van der Waals surface area contributed by atoms with E-state index in [2.05, 4.69) is 27.8 Å². The Bertz CT molecular complexity index is 347. The van der Waals surface area contributed by atoms with Crippen molar-refractivity contribution in [2.24, 2.45) is 0 Å². The highest BCUT2D eigenvalue weighted by molar-refractivity contribution is 9.09. The molecule has 0 aromatic heterocycles. The van der Waals surface area contributed by atoms with Crippen LogP contribution in [0.5, 0.6) is 0 Å². The van der Waals surface area contributed by atoms with Gasteiger partial charge in [-0.25, -0.2) is 4.39 Å². The SMILES string of the molecule is Cc1cccc(C#CCCBr)c1F. The van der Waals surface area contributed by atoms with Crippen LogP contribution in [0.3, 0.4) is 0 Å². The maximum Gasteiger partial charge on any atom is 0.141 e. The van der Waals surface area contributed by atoms with Gasteiger partial charge in [-0.05, 0) is 18.6 Å². The summed E-state index contributed by atoms with van der Waals surface area (Å²) in [5.41, 5.74) is 1.13. The third kappa shape index (κ3) is 2.86. The van der Waals surface area contributed by atoms with Gasteiger partial charge in [0.1, 0.15) is 5.82 Å². The van der Waals surface area contributed by atoms with E-state index in [1.165, 1.54) is 0 Å². The Labute approximate surface area is 86.3 Å².